The fraction of sp³-hybridized carbons (Fsp3) is 0.227. The first-order chi connectivity index (χ1) is 12.7. The maximum Gasteiger partial charge on any atom is 0.161 e. The normalized spacial score (nSPS) is 9.79. The molecule has 0 amide bonds. The third-order valence-corrected chi connectivity index (χ3v) is 4.07. The van der Waals surface area contributed by atoms with Crippen molar-refractivity contribution in [3.63, 3.8) is 0 Å². The summed E-state index contributed by atoms with van der Waals surface area (Å²) in [4.78, 5) is 4.31. The molecule has 0 fully saturated rings. The molecule has 1 heterocycles. The lowest BCUT2D eigenvalue weighted by atomic mass is 10.1. The zero-order valence-electron chi connectivity index (χ0n) is 16.1. The highest BCUT2D eigenvalue weighted by molar-refractivity contribution is 5.85. The van der Waals surface area contributed by atoms with E-state index in [0.717, 1.165) is 41.4 Å². The summed E-state index contributed by atoms with van der Waals surface area (Å²) in [6.45, 7) is 4.08. The molecule has 0 radical (unpaired) electrons. The molecule has 0 saturated heterocycles. The van der Waals surface area contributed by atoms with Crippen molar-refractivity contribution in [2.45, 2.75) is 26.6 Å². The van der Waals surface area contributed by atoms with Crippen LogP contribution in [0.3, 0.4) is 0 Å². The van der Waals surface area contributed by atoms with E-state index in [1.54, 1.807) is 13.3 Å². The molecule has 6 heteroatoms. The Bertz CT molecular complexity index is 845. The summed E-state index contributed by atoms with van der Waals surface area (Å²) >= 11 is 0. The number of nitrogens with zero attached hydrogens (tertiary/aromatic N) is 1. The second-order valence-electron chi connectivity index (χ2n) is 6.19. The highest BCUT2D eigenvalue weighted by Gasteiger charge is 2.07. The number of aryl methyl sites for hydroxylation is 1. The first-order valence-electron chi connectivity index (χ1n) is 8.70. The minimum atomic E-state index is 0. The van der Waals surface area contributed by atoms with E-state index in [9.17, 15) is 0 Å². The van der Waals surface area contributed by atoms with Gasteiger partial charge in [-0.3, -0.25) is 4.98 Å². The van der Waals surface area contributed by atoms with Gasteiger partial charge < -0.3 is 14.8 Å². The van der Waals surface area contributed by atoms with Crippen LogP contribution in [-0.2, 0) is 19.7 Å². The van der Waals surface area contributed by atoms with Crippen molar-refractivity contribution in [2.24, 2.45) is 0 Å². The number of methoxy groups -OCH3 is 1. The molecular weight excluding hydrogens is 395 g/mol. The van der Waals surface area contributed by atoms with Gasteiger partial charge in [-0.05, 0) is 42.3 Å². The molecule has 0 atom stereocenters. The minimum Gasteiger partial charge on any atom is -0.493 e. The Kier molecular flexibility index (Phi) is 10.4. The number of rotatable bonds is 8. The number of ether oxygens (including phenoxy) is 2. The third-order valence-electron chi connectivity index (χ3n) is 4.07. The molecule has 0 unspecified atom stereocenters. The van der Waals surface area contributed by atoms with Crippen LogP contribution in [0.4, 0.5) is 0 Å². The quantitative estimate of drug-likeness (QED) is 0.549. The van der Waals surface area contributed by atoms with E-state index in [0.29, 0.717) is 6.61 Å². The molecule has 1 N–H and O–H groups in total. The molecule has 2 aromatic carbocycles. The highest BCUT2D eigenvalue weighted by Crippen LogP contribution is 2.29. The van der Waals surface area contributed by atoms with E-state index in [4.69, 9.17) is 9.47 Å². The number of benzene rings is 2. The Morgan fingerprint density at radius 2 is 1.71 bits per heavy atom. The largest absolute Gasteiger partial charge is 0.493 e. The Balaban J connectivity index is 0.00000196. The van der Waals surface area contributed by atoms with Crippen molar-refractivity contribution >= 4 is 24.8 Å². The van der Waals surface area contributed by atoms with Crippen LogP contribution in [0.1, 0.15) is 22.4 Å². The average Bonchev–Trinajstić information content (AvgIpc) is 2.67. The van der Waals surface area contributed by atoms with Gasteiger partial charge in [-0.25, -0.2) is 0 Å². The third kappa shape index (κ3) is 7.04. The molecule has 0 bridgehead atoms. The van der Waals surface area contributed by atoms with E-state index in [1.165, 1.54) is 5.56 Å². The molecule has 4 nitrogen and oxygen atoms in total. The van der Waals surface area contributed by atoms with Crippen LogP contribution >= 0.6 is 24.8 Å². The van der Waals surface area contributed by atoms with Gasteiger partial charge in [-0.15, -0.1) is 24.8 Å². The summed E-state index contributed by atoms with van der Waals surface area (Å²) in [7, 11) is 1.67. The summed E-state index contributed by atoms with van der Waals surface area (Å²) in [5, 5.41) is 3.39. The number of nitrogens with one attached hydrogen (secondary N) is 1. The minimum absolute atomic E-state index is 0. The SMILES string of the molecule is COc1cc(CNCc2ccccn2)ccc1OCc1cccc(C)c1.Cl.Cl. The Morgan fingerprint density at radius 1 is 0.857 bits per heavy atom. The molecule has 0 aliphatic carbocycles. The highest BCUT2D eigenvalue weighted by atomic mass is 35.5. The number of aromatic nitrogens is 1. The Hall–Kier alpha value is -2.27. The molecular formula is C22H26Cl2N2O2. The van der Waals surface area contributed by atoms with E-state index in [2.05, 4.69) is 41.5 Å². The summed E-state index contributed by atoms with van der Waals surface area (Å²) < 4.78 is 11.4. The first-order valence-corrected chi connectivity index (χ1v) is 8.70. The molecule has 0 aliphatic heterocycles. The summed E-state index contributed by atoms with van der Waals surface area (Å²) in [6, 6.07) is 20.3. The molecule has 0 spiro atoms. The lowest BCUT2D eigenvalue weighted by Crippen LogP contribution is -2.13. The van der Waals surface area contributed by atoms with E-state index in [1.807, 2.05) is 36.4 Å². The number of halogens is 2. The van der Waals surface area contributed by atoms with Gasteiger partial charge in [-0.2, -0.15) is 0 Å². The topological polar surface area (TPSA) is 43.4 Å². The van der Waals surface area contributed by atoms with Crippen LogP contribution in [0.15, 0.2) is 66.9 Å². The summed E-state index contributed by atoms with van der Waals surface area (Å²) in [5.74, 6) is 1.50. The summed E-state index contributed by atoms with van der Waals surface area (Å²) in [6.07, 6.45) is 1.81. The number of hydrogen-bond donors (Lipinski definition) is 1. The molecule has 3 rings (SSSR count). The molecule has 1 aromatic heterocycles. The maximum atomic E-state index is 5.94. The van der Waals surface area contributed by atoms with Crippen molar-refractivity contribution in [3.05, 3.63) is 89.2 Å². The van der Waals surface area contributed by atoms with Crippen molar-refractivity contribution in [1.29, 1.82) is 0 Å². The fourth-order valence-electron chi connectivity index (χ4n) is 2.74. The number of pyridine rings is 1. The fourth-order valence-corrected chi connectivity index (χ4v) is 2.74. The smallest absolute Gasteiger partial charge is 0.161 e. The van der Waals surface area contributed by atoms with E-state index >= 15 is 0 Å². The predicted molar refractivity (Wildman–Crippen MR) is 118 cm³/mol. The molecule has 0 aliphatic rings. The van der Waals surface area contributed by atoms with Crippen LogP contribution in [0.25, 0.3) is 0 Å². The monoisotopic (exact) mass is 420 g/mol. The van der Waals surface area contributed by atoms with Crippen LogP contribution in [-0.4, -0.2) is 12.1 Å². The Labute approximate surface area is 179 Å². The molecule has 150 valence electrons. The van der Waals surface area contributed by atoms with Gasteiger partial charge in [0, 0.05) is 19.3 Å². The maximum absolute atomic E-state index is 5.94. The molecule has 28 heavy (non-hydrogen) atoms. The zero-order chi connectivity index (χ0) is 18.2. The lowest BCUT2D eigenvalue weighted by Gasteiger charge is -2.13. The molecule has 0 saturated carbocycles. The van der Waals surface area contributed by atoms with Crippen molar-refractivity contribution in [2.75, 3.05) is 7.11 Å². The second-order valence-corrected chi connectivity index (χ2v) is 6.19. The standard InChI is InChI=1S/C22H24N2O2.2ClH/c1-17-6-5-7-19(12-17)16-26-21-10-9-18(13-22(21)25-2)14-23-15-20-8-3-4-11-24-20;;/h3-13,23H,14-16H2,1-2H3;2*1H. The predicted octanol–water partition coefficient (Wildman–Crippen LogP) is 5.11. The molecule has 3 aromatic rings. The van der Waals surface area contributed by atoms with E-state index in [-0.39, 0.29) is 24.8 Å². The van der Waals surface area contributed by atoms with Gasteiger partial charge in [0.1, 0.15) is 6.61 Å². The van der Waals surface area contributed by atoms with Crippen molar-refractivity contribution < 1.29 is 9.47 Å². The van der Waals surface area contributed by atoms with Gasteiger partial charge in [0.25, 0.3) is 0 Å². The zero-order valence-corrected chi connectivity index (χ0v) is 17.7. The van der Waals surface area contributed by atoms with Crippen LogP contribution in [0, 0.1) is 6.92 Å². The van der Waals surface area contributed by atoms with Gasteiger partial charge >= 0.3 is 0 Å². The van der Waals surface area contributed by atoms with E-state index < -0.39 is 0 Å². The lowest BCUT2D eigenvalue weighted by molar-refractivity contribution is 0.284. The first kappa shape index (κ1) is 23.8. The second kappa shape index (κ2) is 12.2. The van der Waals surface area contributed by atoms with Crippen molar-refractivity contribution in [3.8, 4) is 11.5 Å². The van der Waals surface area contributed by atoms with Crippen LogP contribution in [0.5, 0.6) is 11.5 Å². The van der Waals surface area contributed by atoms with Gasteiger partial charge in [0.15, 0.2) is 11.5 Å². The van der Waals surface area contributed by atoms with Gasteiger partial charge in [0.05, 0.1) is 12.8 Å². The Morgan fingerprint density at radius 3 is 2.43 bits per heavy atom. The van der Waals surface area contributed by atoms with Gasteiger partial charge in [-0.1, -0.05) is 42.0 Å². The van der Waals surface area contributed by atoms with Gasteiger partial charge in [0.2, 0.25) is 0 Å². The average molecular weight is 421 g/mol. The van der Waals surface area contributed by atoms with Crippen molar-refractivity contribution in [1.82, 2.24) is 10.3 Å². The van der Waals surface area contributed by atoms with Crippen LogP contribution in [0.2, 0.25) is 0 Å². The number of hydrogen-bond acceptors (Lipinski definition) is 4. The summed E-state index contributed by atoms with van der Waals surface area (Å²) in [5.41, 5.74) is 4.54. The van der Waals surface area contributed by atoms with Crippen LogP contribution < -0.4 is 14.8 Å².